The summed E-state index contributed by atoms with van der Waals surface area (Å²) in [7, 11) is 4.06. The fraction of sp³-hybridized carbons (Fsp3) is 1.00. The maximum atomic E-state index is 9.13. The highest BCUT2D eigenvalue weighted by atomic mass is 16.3. The monoisotopic (exact) mass is 174 g/mol. The molecule has 74 valence electrons. The van der Waals surface area contributed by atoms with E-state index in [9.17, 15) is 0 Å². The highest BCUT2D eigenvalue weighted by Crippen LogP contribution is 2.25. The first kappa shape index (κ1) is 11.9. The lowest BCUT2D eigenvalue weighted by molar-refractivity contribution is 0.0555. The largest absolute Gasteiger partial charge is 0.396 e. The van der Waals surface area contributed by atoms with Gasteiger partial charge in [0.15, 0.2) is 0 Å². The van der Waals surface area contributed by atoms with Crippen molar-refractivity contribution in [1.29, 1.82) is 0 Å². The molecule has 3 heteroatoms. The number of rotatable bonds is 5. The van der Waals surface area contributed by atoms with E-state index in [1.807, 2.05) is 14.1 Å². The Bertz CT molecular complexity index is 124. The average Bonchev–Trinajstić information content (AvgIpc) is 2.05. The zero-order chi connectivity index (χ0) is 9.78. The Morgan fingerprint density at radius 3 is 2.08 bits per heavy atom. The number of nitrogens with zero attached hydrogens (tertiary/aromatic N) is 1. The van der Waals surface area contributed by atoms with Gasteiger partial charge in [0.25, 0.3) is 0 Å². The van der Waals surface area contributed by atoms with Gasteiger partial charge in [0.1, 0.15) is 0 Å². The number of hydrogen-bond acceptors (Lipinski definition) is 3. The Morgan fingerprint density at radius 2 is 2.00 bits per heavy atom. The minimum absolute atomic E-state index is 0.0174. The summed E-state index contributed by atoms with van der Waals surface area (Å²) < 4.78 is 0. The molecule has 0 saturated carbocycles. The van der Waals surface area contributed by atoms with E-state index in [-0.39, 0.29) is 18.1 Å². The van der Waals surface area contributed by atoms with Crippen molar-refractivity contribution in [2.24, 2.45) is 11.7 Å². The van der Waals surface area contributed by atoms with Gasteiger partial charge in [-0.15, -0.1) is 0 Å². The second-order valence-electron chi connectivity index (χ2n) is 3.72. The van der Waals surface area contributed by atoms with Crippen LogP contribution in [0.4, 0.5) is 0 Å². The van der Waals surface area contributed by atoms with Crippen LogP contribution in [0.3, 0.4) is 0 Å². The molecular weight excluding hydrogens is 152 g/mol. The van der Waals surface area contributed by atoms with Crippen molar-refractivity contribution in [3.05, 3.63) is 0 Å². The van der Waals surface area contributed by atoms with Gasteiger partial charge >= 0.3 is 0 Å². The predicted molar refractivity (Wildman–Crippen MR) is 52.0 cm³/mol. The van der Waals surface area contributed by atoms with Crippen LogP contribution in [-0.2, 0) is 0 Å². The molecule has 12 heavy (non-hydrogen) atoms. The van der Waals surface area contributed by atoms with Crippen molar-refractivity contribution >= 4 is 0 Å². The van der Waals surface area contributed by atoms with E-state index in [4.69, 9.17) is 10.8 Å². The molecule has 0 spiro atoms. The zero-order valence-electron chi connectivity index (χ0n) is 8.67. The third kappa shape index (κ3) is 2.19. The molecular formula is C9H22N2O. The molecule has 0 radical (unpaired) electrons. The Morgan fingerprint density at radius 1 is 1.50 bits per heavy atom. The maximum absolute atomic E-state index is 9.13. The van der Waals surface area contributed by atoms with Gasteiger partial charge in [-0.3, -0.25) is 0 Å². The van der Waals surface area contributed by atoms with Crippen LogP contribution in [0.5, 0.6) is 0 Å². The summed E-state index contributed by atoms with van der Waals surface area (Å²) in [6, 6.07) is 0. The molecule has 0 aromatic heterocycles. The number of aliphatic hydroxyl groups is 1. The van der Waals surface area contributed by atoms with E-state index in [1.54, 1.807) is 0 Å². The first-order valence-electron chi connectivity index (χ1n) is 4.51. The molecule has 0 aromatic carbocycles. The third-order valence-electron chi connectivity index (χ3n) is 3.12. The fourth-order valence-corrected chi connectivity index (χ4v) is 1.50. The molecule has 3 nitrogen and oxygen atoms in total. The predicted octanol–water partition coefficient (Wildman–Crippen LogP) is 0.284. The molecule has 0 aliphatic carbocycles. The van der Waals surface area contributed by atoms with Crippen LogP contribution in [0.15, 0.2) is 0 Å². The van der Waals surface area contributed by atoms with Crippen molar-refractivity contribution in [1.82, 2.24) is 4.90 Å². The number of aliphatic hydroxyl groups excluding tert-OH is 1. The lowest BCUT2D eigenvalue weighted by atomic mass is 9.82. The topological polar surface area (TPSA) is 49.5 Å². The van der Waals surface area contributed by atoms with Gasteiger partial charge in [-0.25, -0.2) is 0 Å². The highest BCUT2D eigenvalue weighted by molar-refractivity contribution is 4.89. The number of nitrogens with two attached hydrogens (primary N) is 1. The van der Waals surface area contributed by atoms with Crippen LogP contribution >= 0.6 is 0 Å². The summed E-state index contributed by atoms with van der Waals surface area (Å²) in [5, 5.41) is 9.13. The van der Waals surface area contributed by atoms with Crippen molar-refractivity contribution in [3.8, 4) is 0 Å². The normalized spacial score (nSPS) is 19.2. The Balaban J connectivity index is 4.47. The summed E-state index contributed by atoms with van der Waals surface area (Å²) in [6.45, 7) is 4.97. The maximum Gasteiger partial charge on any atom is 0.0488 e. The second-order valence-corrected chi connectivity index (χ2v) is 3.72. The summed E-state index contributed by atoms with van der Waals surface area (Å²) in [5.74, 6) is 0.164. The molecule has 0 aliphatic heterocycles. The third-order valence-corrected chi connectivity index (χ3v) is 3.12. The molecule has 0 aromatic rings. The minimum Gasteiger partial charge on any atom is -0.396 e. The molecule has 0 rings (SSSR count). The van der Waals surface area contributed by atoms with E-state index in [1.165, 1.54) is 0 Å². The molecule has 0 fully saturated rings. The van der Waals surface area contributed by atoms with E-state index >= 15 is 0 Å². The minimum atomic E-state index is 0.0174. The lowest BCUT2D eigenvalue weighted by Crippen LogP contribution is -2.51. The van der Waals surface area contributed by atoms with Crippen LogP contribution in [-0.4, -0.2) is 42.8 Å². The fourth-order valence-electron chi connectivity index (χ4n) is 1.50. The van der Waals surface area contributed by atoms with Crippen LogP contribution in [0, 0.1) is 5.92 Å². The lowest BCUT2D eigenvalue weighted by Gasteiger charge is -2.41. The zero-order valence-corrected chi connectivity index (χ0v) is 8.67. The summed E-state index contributed by atoms with van der Waals surface area (Å²) in [5.41, 5.74) is 5.61. The molecule has 0 unspecified atom stereocenters. The first-order chi connectivity index (χ1) is 5.52. The molecule has 3 N–H and O–H groups in total. The summed E-state index contributed by atoms with van der Waals surface area (Å²) >= 11 is 0. The summed E-state index contributed by atoms with van der Waals surface area (Å²) in [4.78, 5) is 2.14. The second kappa shape index (κ2) is 4.80. The molecule has 2 atom stereocenters. The van der Waals surface area contributed by atoms with Crippen LogP contribution in [0.25, 0.3) is 0 Å². The van der Waals surface area contributed by atoms with Gasteiger partial charge in [0, 0.05) is 18.1 Å². The van der Waals surface area contributed by atoms with E-state index in [0.29, 0.717) is 6.54 Å². The van der Waals surface area contributed by atoms with Crippen molar-refractivity contribution < 1.29 is 5.11 Å². The molecule has 0 aliphatic rings. The highest BCUT2D eigenvalue weighted by Gasteiger charge is 2.32. The average molecular weight is 174 g/mol. The molecule has 0 heterocycles. The van der Waals surface area contributed by atoms with Gasteiger partial charge in [0.05, 0.1) is 0 Å². The van der Waals surface area contributed by atoms with Gasteiger partial charge in [-0.05, 0) is 34.0 Å². The van der Waals surface area contributed by atoms with Gasteiger partial charge in [-0.2, -0.15) is 0 Å². The molecule has 0 amide bonds. The Labute approximate surface area is 75.6 Å². The number of hydrogen-bond donors (Lipinski definition) is 2. The van der Waals surface area contributed by atoms with Crippen LogP contribution in [0.1, 0.15) is 20.3 Å². The molecule has 0 saturated heterocycles. The van der Waals surface area contributed by atoms with Crippen LogP contribution < -0.4 is 5.73 Å². The standard InChI is InChI=1S/C9H22N2O/c1-5-9(2,11(3)4)8(6-10)7-12/h8,12H,5-7,10H2,1-4H3/t8-,9+/m1/s1. The first-order valence-corrected chi connectivity index (χ1v) is 4.51. The Kier molecular flexibility index (Phi) is 4.75. The van der Waals surface area contributed by atoms with Crippen LogP contribution in [0.2, 0.25) is 0 Å². The van der Waals surface area contributed by atoms with E-state index < -0.39 is 0 Å². The van der Waals surface area contributed by atoms with Crippen molar-refractivity contribution in [3.63, 3.8) is 0 Å². The van der Waals surface area contributed by atoms with Gasteiger partial charge in [-0.1, -0.05) is 6.92 Å². The van der Waals surface area contributed by atoms with Gasteiger partial charge in [0.2, 0.25) is 0 Å². The SMILES string of the molecule is CC[C@@](C)([C@H](CN)CO)N(C)C. The van der Waals surface area contributed by atoms with E-state index in [0.717, 1.165) is 6.42 Å². The van der Waals surface area contributed by atoms with E-state index in [2.05, 4.69) is 18.7 Å². The van der Waals surface area contributed by atoms with Gasteiger partial charge < -0.3 is 15.7 Å². The van der Waals surface area contributed by atoms with Crippen molar-refractivity contribution in [2.45, 2.75) is 25.8 Å². The Hall–Kier alpha value is -0.120. The summed E-state index contributed by atoms with van der Waals surface area (Å²) in [6.07, 6.45) is 1.00. The smallest absolute Gasteiger partial charge is 0.0488 e. The molecule has 0 bridgehead atoms. The van der Waals surface area contributed by atoms with Crippen molar-refractivity contribution in [2.75, 3.05) is 27.2 Å². The quantitative estimate of drug-likeness (QED) is 0.629.